The number of hydrogen-bond acceptors (Lipinski definition) is 0. The molecule has 10 aromatic carbocycles. The van der Waals surface area contributed by atoms with E-state index >= 15 is 0 Å². The van der Waals surface area contributed by atoms with Crippen LogP contribution in [0.2, 0.25) is 0 Å². The van der Waals surface area contributed by atoms with Crippen LogP contribution in [-0.2, 0) is 0 Å². The van der Waals surface area contributed by atoms with E-state index in [1.54, 1.807) is 0 Å². The van der Waals surface area contributed by atoms with Crippen LogP contribution in [0.4, 0.5) is 0 Å². The molecular weight excluding hydrogens is 553 g/mol. The van der Waals surface area contributed by atoms with Gasteiger partial charge in [0.1, 0.15) is 0 Å². The van der Waals surface area contributed by atoms with Crippen LogP contribution in [0.5, 0.6) is 0 Å². The van der Waals surface area contributed by atoms with Crippen molar-refractivity contribution in [1.29, 1.82) is 0 Å². The number of fused-ring (bicyclic) bond motifs is 11. The minimum Gasteiger partial charge on any atom is -0.0616 e. The van der Waals surface area contributed by atoms with E-state index in [0.717, 1.165) is 0 Å². The van der Waals surface area contributed by atoms with E-state index in [-0.39, 0.29) is 0 Å². The molecule has 10 aromatic rings. The van der Waals surface area contributed by atoms with Crippen LogP contribution in [0.15, 0.2) is 170 Å². The molecule has 0 aliphatic carbocycles. The van der Waals surface area contributed by atoms with E-state index < -0.39 is 0 Å². The second-order valence-electron chi connectivity index (χ2n) is 12.5. The molecule has 0 nitrogen and oxygen atoms in total. The first-order chi connectivity index (χ1) is 22.8. The Balaban J connectivity index is 1.09. The zero-order valence-corrected chi connectivity index (χ0v) is 25.2. The molecule has 0 heterocycles. The van der Waals surface area contributed by atoms with Gasteiger partial charge in [-0.1, -0.05) is 146 Å². The fraction of sp³-hybridized carbons (Fsp3) is 0. The van der Waals surface area contributed by atoms with Crippen molar-refractivity contribution in [3.8, 4) is 22.3 Å². The van der Waals surface area contributed by atoms with Crippen LogP contribution in [0.25, 0.3) is 97.7 Å². The SMILES string of the molecule is c1ccc2c(c1)ccc1cc(-c3ccc4c(ccc5ccc(-c6ccc7ccc8c9ccccc9ccc8c7c6)cc54)c3)ccc12. The highest BCUT2D eigenvalue weighted by Crippen LogP contribution is 2.37. The Morgan fingerprint density at radius 1 is 0.174 bits per heavy atom. The minimum absolute atomic E-state index is 1.24. The van der Waals surface area contributed by atoms with Gasteiger partial charge < -0.3 is 0 Å². The zero-order chi connectivity index (χ0) is 30.2. The summed E-state index contributed by atoms with van der Waals surface area (Å²) in [7, 11) is 0. The van der Waals surface area contributed by atoms with Crippen LogP contribution in [-0.4, -0.2) is 0 Å². The lowest BCUT2D eigenvalue weighted by molar-refractivity contribution is 1.68. The fourth-order valence-electron chi connectivity index (χ4n) is 7.61. The monoisotopic (exact) mass is 580 g/mol. The molecule has 0 fully saturated rings. The molecule has 0 aliphatic heterocycles. The molecule has 0 heteroatoms. The molecule has 0 unspecified atom stereocenters. The topological polar surface area (TPSA) is 0 Å². The van der Waals surface area contributed by atoms with Gasteiger partial charge in [-0.3, -0.25) is 0 Å². The predicted octanol–water partition coefficient (Wildman–Crippen LogP) is 13.1. The first kappa shape index (κ1) is 25.4. The van der Waals surface area contributed by atoms with Crippen molar-refractivity contribution in [2.24, 2.45) is 0 Å². The lowest BCUT2D eigenvalue weighted by atomic mass is 9.92. The first-order valence-corrected chi connectivity index (χ1v) is 16.0. The molecule has 0 amide bonds. The highest BCUT2D eigenvalue weighted by atomic mass is 14.1. The Morgan fingerprint density at radius 2 is 0.478 bits per heavy atom. The summed E-state index contributed by atoms with van der Waals surface area (Å²) >= 11 is 0. The van der Waals surface area contributed by atoms with Crippen molar-refractivity contribution >= 4 is 75.4 Å². The van der Waals surface area contributed by atoms with Gasteiger partial charge in [0.2, 0.25) is 0 Å². The zero-order valence-electron chi connectivity index (χ0n) is 25.2. The van der Waals surface area contributed by atoms with Crippen molar-refractivity contribution in [3.05, 3.63) is 170 Å². The quantitative estimate of drug-likeness (QED) is 0.178. The third-order valence-corrected chi connectivity index (χ3v) is 9.99. The van der Waals surface area contributed by atoms with Gasteiger partial charge >= 0.3 is 0 Å². The summed E-state index contributed by atoms with van der Waals surface area (Å²) in [5, 5.41) is 18.0. The second-order valence-corrected chi connectivity index (χ2v) is 12.5. The molecule has 0 bridgehead atoms. The average molecular weight is 581 g/mol. The van der Waals surface area contributed by atoms with E-state index in [9.17, 15) is 0 Å². The maximum absolute atomic E-state index is 2.38. The van der Waals surface area contributed by atoms with Gasteiger partial charge in [0, 0.05) is 0 Å². The number of hydrogen-bond donors (Lipinski definition) is 0. The van der Waals surface area contributed by atoms with Crippen molar-refractivity contribution in [1.82, 2.24) is 0 Å². The van der Waals surface area contributed by atoms with E-state index in [1.165, 1.54) is 97.7 Å². The summed E-state index contributed by atoms with van der Waals surface area (Å²) in [6, 6.07) is 63.0. The van der Waals surface area contributed by atoms with Gasteiger partial charge in [-0.05, 0) is 122 Å². The Kier molecular flexibility index (Phi) is 5.38. The summed E-state index contributed by atoms with van der Waals surface area (Å²) in [5.41, 5.74) is 4.97. The van der Waals surface area contributed by atoms with Crippen molar-refractivity contribution in [3.63, 3.8) is 0 Å². The van der Waals surface area contributed by atoms with Crippen molar-refractivity contribution < 1.29 is 0 Å². The fourth-order valence-corrected chi connectivity index (χ4v) is 7.61. The third-order valence-electron chi connectivity index (χ3n) is 9.99. The van der Waals surface area contributed by atoms with Crippen LogP contribution in [0.1, 0.15) is 0 Å². The molecule has 0 aliphatic rings. The summed E-state index contributed by atoms with van der Waals surface area (Å²) < 4.78 is 0. The van der Waals surface area contributed by atoms with Gasteiger partial charge in [-0.2, -0.15) is 0 Å². The minimum atomic E-state index is 1.24. The molecule has 46 heavy (non-hydrogen) atoms. The Hall–Kier alpha value is -5.98. The lowest BCUT2D eigenvalue weighted by Gasteiger charge is -2.12. The Labute approximate surface area is 266 Å². The van der Waals surface area contributed by atoms with Gasteiger partial charge in [0.25, 0.3) is 0 Å². The smallest absolute Gasteiger partial charge is 0.00987 e. The third kappa shape index (κ3) is 3.87. The maximum atomic E-state index is 2.38. The van der Waals surface area contributed by atoms with Crippen LogP contribution < -0.4 is 0 Å². The molecule has 0 saturated heterocycles. The van der Waals surface area contributed by atoms with Crippen molar-refractivity contribution in [2.45, 2.75) is 0 Å². The van der Waals surface area contributed by atoms with E-state index in [1.807, 2.05) is 0 Å². The standard InChI is InChI=1S/C46H28/c1-3-7-39-29(5-1)11-15-37-25-33(19-21-41(37)39)34-20-22-42-38(26-34)16-12-31-9-13-35(27-45(31)42)36-14-10-32-18-23-43-40-8-4-2-6-30(40)17-24-44(43)46(32)28-36/h1-28H. The predicted molar refractivity (Wildman–Crippen MR) is 200 cm³/mol. The molecule has 10 rings (SSSR count). The number of benzene rings is 10. The molecule has 0 aromatic heterocycles. The molecule has 0 atom stereocenters. The summed E-state index contributed by atoms with van der Waals surface area (Å²) in [6.45, 7) is 0. The molecule has 212 valence electrons. The van der Waals surface area contributed by atoms with Gasteiger partial charge in [0.05, 0.1) is 0 Å². The van der Waals surface area contributed by atoms with Gasteiger partial charge in [-0.25, -0.2) is 0 Å². The Bertz CT molecular complexity index is 2850. The molecular formula is C46H28. The second kappa shape index (κ2) is 9.76. The molecule has 0 saturated carbocycles. The Morgan fingerprint density at radius 3 is 1.07 bits per heavy atom. The average Bonchev–Trinajstić information content (AvgIpc) is 3.13. The first-order valence-electron chi connectivity index (χ1n) is 16.0. The van der Waals surface area contributed by atoms with Crippen LogP contribution in [0.3, 0.4) is 0 Å². The highest BCUT2D eigenvalue weighted by molar-refractivity contribution is 6.18. The van der Waals surface area contributed by atoms with E-state index in [0.29, 0.717) is 0 Å². The van der Waals surface area contributed by atoms with Gasteiger partial charge in [0.15, 0.2) is 0 Å². The van der Waals surface area contributed by atoms with Gasteiger partial charge in [-0.15, -0.1) is 0 Å². The summed E-state index contributed by atoms with van der Waals surface area (Å²) in [4.78, 5) is 0. The van der Waals surface area contributed by atoms with Crippen LogP contribution >= 0.6 is 0 Å². The molecule has 0 spiro atoms. The normalized spacial score (nSPS) is 11.9. The molecule has 0 radical (unpaired) electrons. The number of rotatable bonds is 2. The molecule has 0 N–H and O–H groups in total. The summed E-state index contributed by atoms with van der Waals surface area (Å²) in [5.74, 6) is 0. The maximum Gasteiger partial charge on any atom is -0.00987 e. The largest absolute Gasteiger partial charge is 0.0616 e. The highest BCUT2D eigenvalue weighted by Gasteiger charge is 2.10. The lowest BCUT2D eigenvalue weighted by Crippen LogP contribution is -1.85. The summed E-state index contributed by atoms with van der Waals surface area (Å²) in [6.07, 6.45) is 0. The van der Waals surface area contributed by atoms with Crippen LogP contribution in [0, 0.1) is 0 Å². The van der Waals surface area contributed by atoms with Crippen molar-refractivity contribution in [2.75, 3.05) is 0 Å². The van der Waals surface area contributed by atoms with E-state index in [2.05, 4.69) is 170 Å². The van der Waals surface area contributed by atoms with E-state index in [4.69, 9.17) is 0 Å².